The van der Waals surface area contributed by atoms with Gasteiger partial charge in [-0.15, -0.1) is 0 Å². The molecule has 1 aromatic heterocycles. The summed E-state index contributed by atoms with van der Waals surface area (Å²) in [7, 11) is 1.90. The largest absolute Gasteiger partial charge is 0.364 e. The van der Waals surface area contributed by atoms with Crippen LogP contribution in [-0.4, -0.2) is 15.5 Å². The number of aryl methyl sites for hydroxylation is 1. The zero-order chi connectivity index (χ0) is 8.72. The topological polar surface area (TPSA) is 60.9 Å². The molecular weight excluding hydrogens is 154 g/mol. The molecule has 1 saturated carbocycles. The fraction of sp³-hybridized carbons (Fsp3) is 0.500. The van der Waals surface area contributed by atoms with Crippen molar-refractivity contribution in [3.63, 3.8) is 0 Å². The summed E-state index contributed by atoms with van der Waals surface area (Å²) in [5.41, 5.74) is 6.63. The Morgan fingerprint density at radius 3 is 2.92 bits per heavy atom. The van der Waals surface area contributed by atoms with E-state index in [0.717, 1.165) is 18.5 Å². The van der Waals surface area contributed by atoms with Crippen LogP contribution in [0.5, 0.6) is 0 Å². The SMILES string of the molecule is Cn1cnc(C(N)=O)c1C1CC1. The summed E-state index contributed by atoms with van der Waals surface area (Å²) in [6.45, 7) is 0. The molecule has 4 heteroatoms. The van der Waals surface area contributed by atoms with Crippen molar-refractivity contribution < 1.29 is 4.79 Å². The Labute approximate surface area is 70.4 Å². The molecule has 0 radical (unpaired) electrons. The number of rotatable bonds is 2. The van der Waals surface area contributed by atoms with Gasteiger partial charge in [-0.25, -0.2) is 4.98 Å². The van der Waals surface area contributed by atoms with Crippen molar-refractivity contribution in [2.24, 2.45) is 12.8 Å². The van der Waals surface area contributed by atoms with Crippen LogP contribution in [0.3, 0.4) is 0 Å². The number of amides is 1. The first-order valence-corrected chi connectivity index (χ1v) is 4.01. The molecule has 1 amide bonds. The highest BCUT2D eigenvalue weighted by Crippen LogP contribution is 2.40. The van der Waals surface area contributed by atoms with Gasteiger partial charge in [0.05, 0.1) is 12.0 Å². The molecular formula is C8H11N3O. The number of imidazole rings is 1. The van der Waals surface area contributed by atoms with E-state index >= 15 is 0 Å². The third-order valence-corrected chi connectivity index (χ3v) is 2.18. The minimum Gasteiger partial charge on any atom is -0.364 e. The standard InChI is InChI=1S/C8H11N3O/c1-11-4-10-6(8(9)12)7(11)5-2-3-5/h4-5H,2-3H2,1H3,(H2,9,12). The average Bonchev–Trinajstić information content (AvgIpc) is 2.75. The monoisotopic (exact) mass is 165 g/mol. The molecule has 1 heterocycles. The average molecular weight is 165 g/mol. The van der Waals surface area contributed by atoms with Crippen LogP contribution in [0.4, 0.5) is 0 Å². The van der Waals surface area contributed by atoms with Crippen LogP contribution >= 0.6 is 0 Å². The third kappa shape index (κ3) is 0.995. The van der Waals surface area contributed by atoms with E-state index in [1.165, 1.54) is 0 Å². The molecule has 2 rings (SSSR count). The van der Waals surface area contributed by atoms with Gasteiger partial charge < -0.3 is 10.3 Å². The van der Waals surface area contributed by atoms with Gasteiger partial charge in [0, 0.05) is 13.0 Å². The summed E-state index contributed by atoms with van der Waals surface area (Å²) in [6.07, 6.45) is 3.95. The second-order valence-electron chi connectivity index (χ2n) is 3.23. The second kappa shape index (κ2) is 2.33. The fourth-order valence-electron chi connectivity index (χ4n) is 1.47. The Hall–Kier alpha value is -1.32. The van der Waals surface area contributed by atoms with Gasteiger partial charge in [-0.3, -0.25) is 4.79 Å². The predicted octanol–water partition coefficient (Wildman–Crippen LogP) is 0.396. The lowest BCUT2D eigenvalue weighted by molar-refractivity contribution is 0.0995. The third-order valence-electron chi connectivity index (χ3n) is 2.18. The van der Waals surface area contributed by atoms with Gasteiger partial charge >= 0.3 is 0 Å². The first-order chi connectivity index (χ1) is 5.70. The number of aromatic nitrogens is 2. The summed E-state index contributed by atoms with van der Waals surface area (Å²) < 4.78 is 1.89. The molecule has 2 N–H and O–H groups in total. The van der Waals surface area contributed by atoms with Crippen molar-refractivity contribution >= 4 is 5.91 Å². The van der Waals surface area contributed by atoms with Crippen LogP contribution in [-0.2, 0) is 7.05 Å². The molecule has 4 nitrogen and oxygen atoms in total. The molecule has 64 valence electrons. The summed E-state index contributed by atoms with van der Waals surface area (Å²) >= 11 is 0. The maximum atomic E-state index is 10.9. The molecule has 1 fully saturated rings. The smallest absolute Gasteiger partial charge is 0.269 e. The van der Waals surface area contributed by atoms with Crippen LogP contribution in [0.15, 0.2) is 6.33 Å². The molecule has 1 aliphatic carbocycles. The molecule has 0 bridgehead atoms. The second-order valence-corrected chi connectivity index (χ2v) is 3.23. The summed E-state index contributed by atoms with van der Waals surface area (Å²) in [6, 6.07) is 0. The number of carbonyl (C=O) groups is 1. The summed E-state index contributed by atoms with van der Waals surface area (Å²) in [4.78, 5) is 14.9. The van der Waals surface area contributed by atoms with E-state index in [-0.39, 0.29) is 0 Å². The van der Waals surface area contributed by atoms with Gasteiger partial charge in [0.2, 0.25) is 0 Å². The first kappa shape index (κ1) is 7.34. The highest BCUT2D eigenvalue weighted by atomic mass is 16.1. The van der Waals surface area contributed by atoms with Gasteiger partial charge in [0.1, 0.15) is 5.69 Å². The van der Waals surface area contributed by atoms with Crippen molar-refractivity contribution in [2.45, 2.75) is 18.8 Å². The minimum atomic E-state index is -0.419. The van der Waals surface area contributed by atoms with Crippen molar-refractivity contribution in [3.8, 4) is 0 Å². The van der Waals surface area contributed by atoms with Gasteiger partial charge in [0.25, 0.3) is 5.91 Å². The number of hydrogen-bond acceptors (Lipinski definition) is 2. The van der Waals surface area contributed by atoms with Gasteiger partial charge in [-0.1, -0.05) is 0 Å². The van der Waals surface area contributed by atoms with E-state index in [4.69, 9.17) is 5.73 Å². The first-order valence-electron chi connectivity index (χ1n) is 4.01. The lowest BCUT2D eigenvalue weighted by atomic mass is 10.2. The van der Waals surface area contributed by atoms with Gasteiger partial charge in [-0.05, 0) is 12.8 Å². The quantitative estimate of drug-likeness (QED) is 0.689. The van der Waals surface area contributed by atoms with Gasteiger partial charge in [-0.2, -0.15) is 0 Å². The molecule has 12 heavy (non-hydrogen) atoms. The number of nitrogens with zero attached hydrogens (tertiary/aromatic N) is 2. The Morgan fingerprint density at radius 1 is 1.75 bits per heavy atom. The lowest BCUT2D eigenvalue weighted by Crippen LogP contribution is -2.14. The van der Waals surface area contributed by atoms with Crippen molar-refractivity contribution in [3.05, 3.63) is 17.7 Å². The Balaban J connectivity index is 2.46. The molecule has 0 atom stereocenters. The van der Waals surface area contributed by atoms with Crippen LogP contribution in [0.1, 0.15) is 34.9 Å². The highest BCUT2D eigenvalue weighted by molar-refractivity contribution is 5.92. The molecule has 1 aromatic rings. The Kier molecular flexibility index (Phi) is 1.43. The molecule has 0 unspecified atom stereocenters. The van der Waals surface area contributed by atoms with Gasteiger partial charge in [0.15, 0.2) is 0 Å². The van der Waals surface area contributed by atoms with Crippen LogP contribution < -0.4 is 5.73 Å². The summed E-state index contributed by atoms with van der Waals surface area (Å²) in [5, 5.41) is 0. The normalized spacial score (nSPS) is 16.4. The molecule has 0 aromatic carbocycles. The Bertz CT molecular complexity index is 325. The zero-order valence-corrected chi connectivity index (χ0v) is 6.95. The number of carbonyl (C=O) groups excluding carboxylic acids is 1. The van der Waals surface area contributed by atoms with Crippen molar-refractivity contribution in [1.29, 1.82) is 0 Å². The van der Waals surface area contributed by atoms with E-state index in [9.17, 15) is 4.79 Å². The predicted molar refractivity (Wildman–Crippen MR) is 43.7 cm³/mol. The highest BCUT2D eigenvalue weighted by Gasteiger charge is 2.30. The fourth-order valence-corrected chi connectivity index (χ4v) is 1.47. The lowest BCUT2D eigenvalue weighted by Gasteiger charge is -2.00. The Morgan fingerprint density at radius 2 is 2.42 bits per heavy atom. The van der Waals surface area contributed by atoms with E-state index in [1.807, 2.05) is 11.6 Å². The minimum absolute atomic E-state index is 0.419. The van der Waals surface area contributed by atoms with Crippen LogP contribution in [0, 0.1) is 0 Å². The molecule has 0 aliphatic heterocycles. The van der Waals surface area contributed by atoms with E-state index in [0.29, 0.717) is 11.6 Å². The molecule has 0 spiro atoms. The van der Waals surface area contributed by atoms with E-state index in [1.54, 1.807) is 6.33 Å². The summed E-state index contributed by atoms with van der Waals surface area (Å²) in [5.74, 6) is 0.0949. The number of hydrogen-bond donors (Lipinski definition) is 1. The van der Waals surface area contributed by atoms with Crippen LogP contribution in [0.25, 0.3) is 0 Å². The van der Waals surface area contributed by atoms with E-state index < -0.39 is 5.91 Å². The maximum Gasteiger partial charge on any atom is 0.269 e. The van der Waals surface area contributed by atoms with Crippen LogP contribution in [0.2, 0.25) is 0 Å². The molecule has 1 aliphatic rings. The van der Waals surface area contributed by atoms with Crippen molar-refractivity contribution in [2.75, 3.05) is 0 Å². The number of nitrogens with two attached hydrogens (primary N) is 1. The zero-order valence-electron chi connectivity index (χ0n) is 6.95. The van der Waals surface area contributed by atoms with E-state index in [2.05, 4.69) is 4.98 Å². The van der Waals surface area contributed by atoms with Crippen molar-refractivity contribution in [1.82, 2.24) is 9.55 Å². The maximum absolute atomic E-state index is 10.9. The number of primary amides is 1. The molecule has 0 saturated heterocycles.